The Bertz CT molecular complexity index is 1090. The second kappa shape index (κ2) is 7.53. The molecule has 2 aromatic rings. The number of aliphatic hydroxyl groups is 1. The first kappa shape index (κ1) is 21.6. The summed E-state index contributed by atoms with van der Waals surface area (Å²) in [7, 11) is 0. The predicted octanol–water partition coefficient (Wildman–Crippen LogP) is 5.83. The molecule has 0 aromatic heterocycles. The van der Waals surface area contributed by atoms with Crippen molar-refractivity contribution in [3.63, 3.8) is 0 Å². The van der Waals surface area contributed by atoms with Crippen LogP contribution in [0.3, 0.4) is 0 Å². The van der Waals surface area contributed by atoms with E-state index in [-0.39, 0.29) is 35.0 Å². The number of benzene rings is 2. The maximum atomic E-state index is 14.2. The standard InChI is InChI=1S/C22H20ClF3N2O3/c1-2-12-11-21(30,22(24,25)26)20(14-8-9-15(23)19(29)18(12)14)27-16-6-3-7-17-13(16)5-4-10-28(17)31/h3-9,12,20,27,30H,2,10-11H2,1H3/p+1/t12-,20-,21+/m1/s1. The quantitative estimate of drug-likeness (QED) is 0.511. The molecule has 31 heavy (non-hydrogen) atoms. The van der Waals surface area contributed by atoms with Gasteiger partial charge in [-0.1, -0.05) is 30.7 Å². The Labute approximate surface area is 181 Å². The number of aromatic hydroxyl groups is 1. The number of phenols is 1. The van der Waals surface area contributed by atoms with Gasteiger partial charge in [-0.05, 0) is 48.6 Å². The van der Waals surface area contributed by atoms with Gasteiger partial charge in [0.1, 0.15) is 5.75 Å². The monoisotopic (exact) mass is 453 g/mol. The van der Waals surface area contributed by atoms with Crippen molar-refractivity contribution in [3.05, 3.63) is 63.0 Å². The van der Waals surface area contributed by atoms with Gasteiger partial charge in [-0.25, -0.2) is 0 Å². The van der Waals surface area contributed by atoms with Gasteiger partial charge in [-0.2, -0.15) is 13.2 Å². The molecular weight excluding hydrogens is 433 g/mol. The van der Waals surface area contributed by atoms with E-state index in [2.05, 4.69) is 5.32 Å². The average molecular weight is 454 g/mol. The van der Waals surface area contributed by atoms with Gasteiger partial charge in [0.05, 0.1) is 16.6 Å². The largest absolute Gasteiger partial charge is 0.506 e. The van der Waals surface area contributed by atoms with Crippen LogP contribution in [0.25, 0.3) is 6.08 Å². The smallest absolute Gasteiger partial charge is 0.419 e. The first-order valence-corrected chi connectivity index (χ1v) is 10.3. The molecule has 0 amide bonds. The van der Waals surface area contributed by atoms with Crippen LogP contribution in [0.4, 0.5) is 24.5 Å². The number of hydrogen-bond acceptors (Lipinski definition) is 4. The van der Waals surface area contributed by atoms with E-state index >= 15 is 0 Å². The highest BCUT2D eigenvalue weighted by Gasteiger charge is 2.62. The van der Waals surface area contributed by atoms with Crippen LogP contribution in [0.2, 0.25) is 5.02 Å². The van der Waals surface area contributed by atoms with E-state index in [1.54, 1.807) is 37.3 Å². The fourth-order valence-corrected chi connectivity index (χ4v) is 4.71. The number of fused-ring (bicyclic) bond motifs is 2. The molecule has 3 atom stereocenters. The molecule has 0 fully saturated rings. The normalized spacial score (nSPS) is 25.2. The van der Waals surface area contributed by atoms with Gasteiger partial charge in [0.2, 0.25) is 6.54 Å². The molecule has 2 aromatic carbocycles. The number of phenolic OH excluding ortho intramolecular Hbond substituents is 1. The molecule has 0 unspecified atom stereocenters. The molecule has 5 nitrogen and oxygen atoms in total. The summed E-state index contributed by atoms with van der Waals surface area (Å²) in [5.41, 5.74) is -1.64. The summed E-state index contributed by atoms with van der Waals surface area (Å²) in [5, 5.41) is 24.4. The van der Waals surface area contributed by atoms with E-state index in [0.29, 0.717) is 16.8 Å². The lowest BCUT2D eigenvalue weighted by Crippen LogP contribution is -2.55. The third-order valence-corrected chi connectivity index (χ3v) is 6.45. The molecule has 0 saturated heterocycles. The number of halogens is 4. The molecule has 4 rings (SSSR count). The van der Waals surface area contributed by atoms with Crippen molar-refractivity contribution in [3.8, 4) is 5.75 Å². The van der Waals surface area contributed by atoms with Crippen molar-refractivity contribution in [2.75, 3.05) is 11.9 Å². The van der Waals surface area contributed by atoms with Crippen LogP contribution in [0.1, 0.15) is 48.4 Å². The summed E-state index contributed by atoms with van der Waals surface area (Å²) in [4.78, 5) is 12.1. The second-order valence-corrected chi connectivity index (χ2v) is 8.32. The van der Waals surface area contributed by atoms with Crippen LogP contribution in [0.15, 0.2) is 36.4 Å². The molecule has 9 heteroatoms. The fourth-order valence-electron chi connectivity index (χ4n) is 4.55. The third kappa shape index (κ3) is 3.38. The van der Waals surface area contributed by atoms with E-state index in [1.807, 2.05) is 0 Å². The van der Waals surface area contributed by atoms with Gasteiger partial charge in [0.25, 0.3) is 5.69 Å². The van der Waals surface area contributed by atoms with Gasteiger partial charge in [-0.15, -0.1) is 0 Å². The first-order valence-electron chi connectivity index (χ1n) is 9.89. The highest BCUT2D eigenvalue weighted by atomic mass is 35.5. The molecule has 1 aliphatic carbocycles. The molecular formula is C22H21ClF3N2O3+. The highest BCUT2D eigenvalue weighted by Crippen LogP contribution is 2.56. The topological polar surface area (TPSA) is 72.6 Å². The van der Waals surface area contributed by atoms with Crippen molar-refractivity contribution < 1.29 is 28.1 Å². The summed E-state index contributed by atoms with van der Waals surface area (Å²) in [5.74, 6) is -1.01. The van der Waals surface area contributed by atoms with Crippen LogP contribution in [0.5, 0.6) is 5.75 Å². The summed E-state index contributed by atoms with van der Waals surface area (Å²) in [6, 6.07) is 5.81. The van der Waals surface area contributed by atoms with Crippen LogP contribution >= 0.6 is 11.6 Å². The lowest BCUT2D eigenvalue weighted by molar-refractivity contribution is -0.452. The van der Waals surface area contributed by atoms with Gasteiger partial charge in [-0.3, -0.25) is 0 Å². The van der Waals surface area contributed by atoms with Crippen molar-refractivity contribution in [2.24, 2.45) is 0 Å². The summed E-state index contributed by atoms with van der Waals surface area (Å²) in [6.45, 7) is 1.83. The zero-order chi connectivity index (χ0) is 22.6. The van der Waals surface area contributed by atoms with Gasteiger partial charge >= 0.3 is 6.18 Å². The molecule has 2 aliphatic rings. The lowest BCUT2D eigenvalue weighted by Gasteiger charge is -2.46. The molecule has 3 N–H and O–H groups in total. The van der Waals surface area contributed by atoms with E-state index < -0.39 is 30.2 Å². The number of nitrogens with one attached hydrogen (secondary N) is 1. The predicted molar refractivity (Wildman–Crippen MR) is 112 cm³/mol. The maximum Gasteiger partial charge on any atom is 0.419 e. The second-order valence-electron chi connectivity index (χ2n) is 7.91. The average Bonchev–Trinajstić information content (AvgIpc) is 2.72. The van der Waals surface area contributed by atoms with Crippen molar-refractivity contribution in [1.29, 1.82) is 0 Å². The van der Waals surface area contributed by atoms with Crippen LogP contribution in [0, 0.1) is 4.91 Å². The third-order valence-electron chi connectivity index (χ3n) is 6.15. The van der Waals surface area contributed by atoms with E-state index in [4.69, 9.17) is 11.6 Å². The minimum absolute atomic E-state index is 0.0374. The molecule has 0 bridgehead atoms. The van der Waals surface area contributed by atoms with Crippen LogP contribution < -0.4 is 5.32 Å². The molecule has 1 aliphatic heterocycles. The molecule has 0 spiro atoms. The van der Waals surface area contributed by atoms with Gasteiger partial charge < -0.3 is 15.5 Å². The van der Waals surface area contributed by atoms with Crippen LogP contribution in [-0.4, -0.2) is 33.3 Å². The minimum atomic E-state index is -4.94. The number of rotatable bonds is 3. The van der Waals surface area contributed by atoms with Gasteiger partial charge in [0.15, 0.2) is 5.60 Å². The van der Waals surface area contributed by atoms with Crippen molar-refractivity contribution in [1.82, 2.24) is 0 Å². The Morgan fingerprint density at radius 3 is 2.71 bits per heavy atom. The summed E-state index contributed by atoms with van der Waals surface area (Å²) in [6.07, 6.45) is -2.02. The SMILES string of the molecule is CC[C@@H]1C[C@@](O)(C(F)(F)F)[C@H](Nc2cccc3c2C=CC[N+]3=O)c2ccc(Cl)c(O)c21. The Morgan fingerprint density at radius 2 is 2.03 bits per heavy atom. The zero-order valence-corrected chi connectivity index (χ0v) is 17.3. The fraction of sp³-hybridized carbons (Fsp3) is 0.364. The summed E-state index contributed by atoms with van der Waals surface area (Å²) < 4.78 is 43.4. The Morgan fingerprint density at radius 1 is 1.29 bits per heavy atom. The Balaban J connectivity index is 1.91. The first-order chi connectivity index (χ1) is 14.6. The Kier molecular flexibility index (Phi) is 5.26. The molecule has 164 valence electrons. The molecule has 0 saturated carbocycles. The highest BCUT2D eigenvalue weighted by molar-refractivity contribution is 6.32. The van der Waals surface area contributed by atoms with E-state index in [0.717, 1.165) is 4.76 Å². The van der Waals surface area contributed by atoms with E-state index in [9.17, 15) is 28.3 Å². The van der Waals surface area contributed by atoms with Crippen molar-refractivity contribution >= 4 is 29.1 Å². The number of hydrogen-bond donors (Lipinski definition) is 3. The number of anilines is 1. The molecule has 0 radical (unpaired) electrons. The molecule has 1 heterocycles. The number of nitrogens with zero attached hydrogens (tertiary/aromatic N) is 1. The number of alkyl halides is 3. The van der Waals surface area contributed by atoms with Crippen LogP contribution in [-0.2, 0) is 0 Å². The number of nitroso groups, excluding NO2 is 1. The minimum Gasteiger partial charge on any atom is -0.506 e. The zero-order valence-electron chi connectivity index (χ0n) is 16.6. The Hall–Kier alpha value is -2.58. The van der Waals surface area contributed by atoms with Crippen molar-refractivity contribution in [2.45, 2.75) is 43.5 Å². The van der Waals surface area contributed by atoms with Gasteiger partial charge in [0, 0.05) is 27.0 Å². The van der Waals surface area contributed by atoms with E-state index in [1.165, 1.54) is 12.1 Å². The summed E-state index contributed by atoms with van der Waals surface area (Å²) >= 11 is 6.04. The maximum absolute atomic E-state index is 14.2. The lowest BCUT2D eigenvalue weighted by atomic mass is 9.69.